The summed E-state index contributed by atoms with van der Waals surface area (Å²) in [5.41, 5.74) is 8.76. The van der Waals surface area contributed by atoms with Crippen LogP contribution < -0.4 is 10.5 Å². The first kappa shape index (κ1) is 12.2. The third kappa shape index (κ3) is 2.24. The molecule has 1 aromatic heterocycles. The van der Waals surface area contributed by atoms with Gasteiger partial charge in [-0.3, -0.25) is 4.68 Å². The van der Waals surface area contributed by atoms with Crippen LogP contribution in [0.1, 0.15) is 36.4 Å². The van der Waals surface area contributed by atoms with Crippen LogP contribution in [0.15, 0.2) is 36.7 Å². The lowest BCUT2D eigenvalue weighted by atomic mass is 9.85. The van der Waals surface area contributed by atoms with E-state index in [4.69, 9.17) is 10.5 Å². The van der Waals surface area contributed by atoms with Crippen molar-refractivity contribution >= 4 is 0 Å². The number of nitrogens with zero attached hydrogens (tertiary/aromatic N) is 2. The number of fused-ring (bicyclic) bond motifs is 1. The minimum Gasteiger partial charge on any atom is -0.493 e. The van der Waals surface area contributed by atoms with Gasteiger partial charge in [0, 0.05) is 30.3 Å². The molecule has 100 valence electrons. The highest BCUT2D eigenvalue weighted by atomic mass is 16.5. The number of aromatic nitrogens is 2. The third-order valence-corrected chi connectivity index (χ3v) is 3.80. The summed E-state index contributed by atoms with van der Waals surface area (Å²) in [5, 5.41) is 4.31. The fraction of sp³-hybridized carbons (Fsp3) is 0.400. The Morgan fingerprint density at radius 2 is 2.32 bits per heavy atom. The number of para-hydroxylation sites is 1. The monoisotopic (exact) mass is 257 g/mol. The van der Waals surface area contributed by atoms with E-state index in [1.165, 1.54) is 5.56 Å². The first-order valence-corrected chi connectivity index (χ1v) is 6.79. The number of hydrogen-bond acceptors (Lipinski definition) is 3. The number of benzene rings is 1. The van der Waals surface area contributed by atoms with Crippen molar-refractivity contribution in [3.63, 3.8) is 0 Å². The van der Waals surface area contributed by atoms with Crippen molar-refractivity contribution in [2.45, 2.75) is 31.8 Å². The van der Waals surface area contributed by atoms with Crippen LogP contribution in [-0.4, -0.2) is 16.4 Å². The van der Waals surface area contributed by atoms with E-state index in [-0.39, 0.29) is 6.04 Å². The third-order valence-electron chi connectivity index (χ3n) is 3.80. The Kier molecular flexibility index (Phi) is 3.25. The second kappa shape index (κ2) is 5.05. The Morgan fingerprint density at radius 1 is 1.47 bits per heavy atom. The van der Waals surface area contributed by atoms with E-state index in [1.54, 1.807) is 0 Å². The lowest BCUT2D eigenvalue weighted by molar-refractivity contribution is 0.255. The van der Waals surface area contributed by atoms with Gasteiger partial charge in [-0.1, -0.05) is 18.2 Å². The van der Waals surface area contributed by atoms with E-state index in [9.17, 15) is 0 Å². The van der Waals surface area contributed by atoms with E-state index in [0.29, 0.717) is 5.92 Å². The molecule has 2 aromatic rings. The summed E-state index contributed by atoms with van der Waals surface area (Å²) in [4.78, 5) is 0. The molecule has 4 nitrogen and oxygen atoms in total. The molecule has 0 spiro atoms. The molecule has 0 bridgehead atoms. The van der Waals surface area contributed by atoms with Gasteiger partial charge in [-0.05, 0) is 25.0 Å². The molecule has 0 radical (unpaired) electrons. The second-order valence-electron chi connectivity index (χ2n) is 4.94. The summed E-state index contributed by atoms with van der Waals surface area (Å²) in [5.74, 6) is 1.27. The van der Waals surface area contributed by atoms with E-state index in [0.717, 1.165) is 30.9 Å². The maximum atomic E-state index is 6.44. The summed E-state index contributed by atoms with van der Waals surface area (Å²) in [6.45, 7) is 3.68. The highest BCUT2D eigenvalue weighted by Crippen LogP contribution is 2.39. The van der Waals surface area contributed by atoms with Crippen LogP contribution >= 0.6 is 0 Å². The maximum absolute atomic E-state index is 6.44. The molecule has 2 atom stereocenters. The fourth-order valence-electron chi connectivity index (χ4n) is 2.70. The Hall–Kier alpha value is -1.81. The van der Waals surface area contributed by atoms with Crippen LogP contribution in [0.5, 0.6) is 5.75 Å². The van der Waals surface area contributed by atoms with Crippen LogP contribution in [0, 0.1) is 0 Å². The predicted molar refractivity (Wildman–Crippen MR) is 74.1 cm³/mol. The highest BCUT2D eigenvalue weighted by molar-refractivity contribution is 5.39. The summed E-state index contributed by atoms with van der Waals surface area (Å²) in [7, 11) is 0. The van der Waals surface area contributed by atoms with Gasteiger partial charge < -0.3 is 10.5 Å². The minimum atomic E-state index is -0.0228. The predicted octanol–water partition coefficient (Wildman–Crippen LogP) is 2.47. The molecule has 2 unspecified atom stereocenters. The molecule has 3 rings (SSSR count). The molecule has 4 heteroatoms. The Bertz CT molecular complexity index is 564. The minimum absolute atomic E-state index is 0.0228. The van der Waals surface area contributed by atoms with Crippen molar-refractivity contribution in [2.75, 3.05) is 6.61 Å². The Morgan fingerprint density at radius 3 is 3.11 bits per heavy atom. The molecule has 0 fully saturated rings. The largest absolute Gasteiger partial charge is 0.493 e. The zero-order valence-corrected chi connectivity index (χ0v) is 11.1. The van der Waals surface area contributed by atoms with E-state index in [1.807, 2.05) is 35.3 Å². The molecule has 1 aliphatic rings. The van der Waals surface area contributed by atoms with Crippen molar-refractivity contribution < 1.29 is 4.74 Å². The SMILES string of the molecule is CCn1cc(C(N)C2CCOc3ccccc32)cn1. The molecule has 0 saturated heterocycles. The number of nitrogens with two attached hydrogens (primary N) is 1. The first-order chi connectivity index (χ1) is 9.29. The Balaban J connectivity index is 1.90. The average Bonchev–Trinajstić information content (AvgIpc) is 2.95. The molecule has 1 aromatic carbocycles. The number of rotatable bonds is 3. The van der Waals surface area contributed by atoms with E-state index in [2.05, 4.69) is 18.1 Å². The topological polar surface area (TPSA) is 53.1 Å². The zero-order chi connectivity index (χ0) is 13.2. The van der Waals surface area contributed by atoms with Crippen molar-refractivity contribution in [2.24, 2.45) is 5.73 Å². The lowest BCUT2D eigenvalue weighted by Crippen LogP contribution is -2.25. The van der Waals surface area contributed by atoms with Crippen molar-refractivity contribution in [1.82, 2.24) is 9.78 Å². The van der Waals surface area contributed by atoms with E-state index < -0.39 is 0 Å². The van der Waals surface area contributed by atoms with Crippen LogP contribution in [0.4, 0.5) is 0 Å². The van der Waals surface area contributed by atoms with Gasteiger partial charge in [0.2, 0.25) is 0 Å². The standard InChI is InChI=1S/C15H19N3O/c1-2-18-10-11(9-17-18)15(16)13-7-8-19-14-6-4-3-5-12(13)14/h3-6,9-10,13,15H,2,7-8,16H2,1H3. The zero-order valence-electron chi connectivity index (χ0n) is 11.1. The number of aryl methyl sites for hydroxylation is 1. The van der Waals surface area contributed by atoms with E-state index >= 15 is 0 Å². The van der Waals surface area contributed by atoms with Gasteiger partial charge >= 0.3 is 0 Å². The van der Waals surface area contributed by atoms with Gasteiger partial charge in [0.25, 0.3) is 0 Å². The molecule has 2 heterocycles. The quantitative estimate of drug-likeness (QED) is 0.919. The van der Waals surface area contributed by atoms with Crippen molar-refractivity contribution in [1.29, 1.82) is 0 Å². The molecule has 0 aliphatic carbocycles. The number of ether oxygens (including phenoxy) is 1. The number of hydrogen-bond donors (Lipinski definition) is 1. The lowest BCUT2D eigenvalue weighted by Gasteiger charge is -2.29. The molecular formula is C15H19N3O. The van der Waals surface area contributed by atoms with Gasteiger partial charge in [0.1, 0.15) is 5.75 Å². The van der Waals surface area contributed by atoms with Crippen molar-refractivity contribution in [3.05, 3.63) is 47.8 Å². The van der Waals surface area contributed by atoms with Crippen LogP contribution in [0.2, 0.25) is 0 Å². The molecule has 2 N–H and O–H groups in total. The molecule has 0 amide bonds. The first-order valence-electron chi connectivity index (χ1n) is 6.79. The molecular weight excluding hydrogens is 238 g/mol. The average molecular weight is 257 g/mol. The smallest absolute Gasteiger partial charge is 0.122 e. The van der Waals surface area contributed by atoms with Gasteiger partial charge in [-0.2, -0.15) is 5.10 Å². The summed E-state index contributed by atoms with van der Waals surface area (Å²) >= 11 is 0. The van der Waals surface area contributed by atoms with Gasteiger partial charge in [-0.25, -0.2) is 0 Å². The second-order valence-corrected chi connectivity index (χ2v) is 4.94. The highest BCUT2D eigenvalue weighted by Gasteiger charge is 2.28. The summed E-state index contributed by atoms with van der Waals surface area (Å²) in [6.07, 6.45) is 4.88. The van der Waals surface area contributed by atoms with Gasteiger partial charge in [0.15, 0.2) is 0 Å². The normalized spacial score (nSPS) is 19.6. The van der Waals surface area contributed by atoms with Crippen molar-refractivity contribution in [3.8, 4) is 5.75 Å². The van der Waals surface area contributed by atoms with Crippen LogP contribution in [0.25, 0.3) is 0 Å². The molecule has 1 aliphatic heterocycles. The Labute approximate surface area is 113 Å². The van der Waals surface area contributed by atoms with Crippen LogP contribution in [0.3, 0.4) is 0 Å². The maximum Gasteiger partial charge on any atom is 0.122 e. The van der Waals surface area contributed by atoms with Gasteiger partial charge in [0.05, 0.1) is 12.8 Å². The molecule has 0 saturated carbocycles. The van der Waals surface area contributed by atoms with Crippen LogP contribution in [-0.2, 0) is 6.54 Å². The van der Waals surface area contributed by atoms with Gasteiger partial charge in [-0.15, -0.1) is 0 Å². The summed E-state index contributed by atoms with van der Waals surface area (Å²) < 4.78 is 7.61. The fourth-order valence-corrected chi connectivity index (χ4v) is 2.70. The summed E-state index contributed by atoms with van der Waals surface area (Å²) in [6, 6.07) is 8.16. The molecule has 19 heavy (non-hydrogen) atoms.